The minimum absolute atomic E-state index is 0.00585. The standard InChI is InChI=1S/C40H41Cl2F2N3O8/c1-23(2)53-36-17-26(9-11-35(36)54-39(43)44)28(18-30-31(41)20-46(51)21-32(30)42)29-16-24(8-10-27(29)38(48)49)19-47(33-6-4-5-7-34(33)52-3)40(50)55-37-22-45-14-12-25(37)13-15-45/h4-11,16-17,20-21,23,25,28,37,39H,12-15,18-19,22H2,1-3H3,(H,48,49)/t28-,37-/m0/s1. The van der Waals surface area contributed by atoms with Crippen molar-refractivity contribution in [1.82, 2.24) is 4.90 Å². The van der Waals surface area contributed by atoms with Gasteiger partial charge in [-0.05, 0) is 99.1 Å². The highest BCUT2D eigenvalue weighted by Gasteiger charge is 2.38. The van der Waals surface area contributed by atoms with E-state index >= 15 is 0 Å². The van der Waals surface area contributed by atoms with Gasteiger partial charge in [0, 0.05) is 18.0 Å². The van der Waals surface area contributed by atoms with Crippen molar-refractivity contribution in [2.24, 2.45) is 5.92 Å². The van der Waals surface area contributed by atoms with Gasteiger partial charge in [0.2, 0.25) is 0 Å². The number of aromatic carboxylic acids is 1. The molecule has 4 aromatic rings. The fraction of sp³-hybridized carbons (Fsp3) is 0.375. The molecular formula is C40H41Cl2F2N3O8. The van der Waals surface area contributed by atoms with Gasteiger partial charge in [-0.15, -0.1) is 0 Å². The first kappa shape index (κ1) is 39.8. The lowest BCUT2D eigenvalue weighted by Crippen LogP contribution is -2.53. The topological polar surface area (TPSA) is 125 Å². The van der Waals surface area contributed by atoms with E-state index in [1.165, 1.54) is 36.3 Å². The summed E-state index contributed by atoms with van der Waals surface area (Å²) in [6.07, 6.45) is 2.83. The van der Waals surface area contributed by atoms with Crippen LogP contribution in [0.4, 0.5) is 19.3 Å². The molecule has 1 aromatic heterocycles. The molecule has 4 heterocycles. The van der Waals surface area contributed by atoms with Crippen molar-refractivity contribution >= 4 is 41.0 Å². The van der Waals surface area contributed by atoms with Crippen molar-refractivity contribution in [1.29, 1.82) is 0 Å². The van der Waals surface area contributed by atoms with E-state index in [9.17, 15) is 28.7 Å². The largest absolute Gasteiger partial charge is 0.619 e. The van der Waals surface area contributed by atoms with E-state index in [0.717, 1.165) is 38.3 Å². The average molecular weight is 801 g/mol. The van der Waals surface area contributed by atoms with Crippen LogP contribution in [-0.4, -0.2) is 67.6 Å². The second-order valence-corrected chi connectivity index (χ2v) is 14.7. The number of aromatic nitrogens is 1. The number of alkyl halides is 2. The fourth-order valence-corrected chi connectivity index (χ4v) is 7.93. The summed E-state index contributed by atoms with van der Waals surface area (Å²) < 4.78 is 49.7. The third-order valence-corrected chi connectivity index (χ3v) is 10.6. The maximum Gasteiger partial charge on any atom is 0.415 e. The summed E-state index contributed by atoms with van der Waals surface area (Å²) in [5, 5.41) is 22.7. The summed E-state index contributed by atoms with van der Waals surface area (Å²) in [5.74, 6) is -1.61. The Labute approximate surface area is 327 Å². The van der Waals surface area contributed by atoms with Crippen molar-refractivity contribution in [2.45, 2.75) is 64.4 Å². The highest BCUT2D eigenvalue weighted by Crippen LogP contribution is 2.41. The smallest absolute Gasteiger partial charge is 0.415 e. The van der Waals surface area contributed by atoms with E-state index in [1.807, 2.05) is 0 Å². The van der Waals surface area contributed by atoms with E-state index in [0.29, 0.717) is 45.0 Å². The molecule has 1 amide bonds. The quantitative estimate of drug-likeness (QED) is 0.0991. The second-order valence-electron chi connectivity index (χ2n) is 13.8. The number of carboxylic acids is 1. The molecule has 7 rings (SSSR count). The number of piperidine rings is 3. The van der Waals surface area contributed by atoms with Crippen molar-refractivity contribution < 1.29 is 47.2 Å². The van der Waals surface area contributed by atoms with Crippen molar-refractivity contribution in [3.63, 3.8) is 0 Å². The minimum atomic E-state index is -3.13. The molecule has 11 nitrogen and oxygen atoms in total. The molecule has 55 heavy (non-hydrogen) atoms. The van der Waals surface area contributed by atoms with Crippen LogP contribution in [0.15, 0.2) is 73.1 Å². The van der Waals surface area contributed by atoms with Crippen LogP contribution in [0.1, 0.15) is 65.2 Å². The van der Waals surface area contributed by atoms with Gasteiger partial charge in [-0.1, -0.05) is 53.5 Å². The summed E-state index contributed by atoms with van der Waals surface area (Å²) >= 11 is 13.1. The summed E-state index contributed by atoms with van der Waals surface area (Å²) in [6, 6.07) is 16.1. The number of fused-ring (bicyclic) bond motifs is 3. The Morgan fingerprint density at radius 1 is 0.982 bits per heavy atom. The van der Waals surface area contributed by atoms with Crippen LogP contribution >= 0.6 is 23.2 Å². The van der Waals surface area contributed by atoms with Gasteiger partial charge in [0.25, 0.3) is 0 Å². The van der Waals surface area contributed by atoms with Crippen molar-refractivity contribution in [3.8, 4) is 17.2 Å². The third-order valence-electron chi connectivity index (χ3n) is 9.92. The summed E-state index contributed by atoms with van der Waals surface area (Å²) in [5.41, 5.74) is 2.01. The average Bonchev–Trinajstić information content (AvgIpc) is 3.14. The van der Waals surface area contributed by atoms with Crippen LogP contribution in [0.3, 0.4) is 0 Å². The van der Waals surface area contributed by atoms with Gasteiger partial charge < -0.3 is 29.3 Å². The molecule has 3 aliphatic rings. The molecule has 292 valence electrons. The summed E-state index contributed by atoms with van der Waals surface area (Å²) in [4.78, 5) is 30.8. The molecule has 0 radical (unpaired) electrons. The number of hydrogen-bond donors (Lipinski definition) is 1. The van der Waals surface area contributed by atoms with Gasteiger partial charge in [0.05, 0.1) is 31.0 Å². The van der Waals surface area contributed by atoms with Crippen LogP contribution in [0.2, 0.25) is 10.0 Å². The first-order valence-electron chi connectivity index (χ1n) is 17.8. The maximum absolute atomic E-state index is 14.2. The predicted molar refractivity (Wildman–Crippen MR) is 202 cm³/mol. The molecule has 0 spiro atoms. The zero-order valence-electron chi connectivity index (χ0n) is 30.4. The molecular weight excluding hydrogens is 759 g/mol. The number of hydrogen-bond acceptors (Lipinski definition) is 8. The molecule has 3 fully saturated rings. The maximum atomic E-state index is 14.2. The SMILES string of the molecule is COc1ccccc1N(Cc1ccc(C(=O)O)c([C@@H](Cc2c(Cl)c[n+]([O-])cc2Cl)c2ccc(OC(F)F)c(OC(C)C)c2)c1)C(=O)O[C@H]1CN2CCC1CC2. The lowest BCUT2D eigenvalue weighted by atomic mass is 9.82. The molecule has 15 heteroatoms. The number of rotatable bonds is 14. The van der Waals surface area contributed by atoms with E-state index in [4.69, 9.17) is 42.1 Å². The predicted octanol–water partition coefficient (Wildman–Crippen LogP) is 8.33. The molecule has 0 unspecified atom stereocenters. The lowest BCUT2D eigenvalue weighted by molar-refractivity contribution is -0.605. The number of carbonyl (C=O) groups is 2. The Hall–Kier alpha value is -4.85. The number of carbonyl (C=O) groups excluding carboxylic acids is 1. The van der Waals surface area contributed by atoms with Crippen LogP contribution in [0, 0.1) is 11.1 Å². The molecule has 2 atom stereocenters. The monoisotopic (exact) mass is 799 g/mol. The second kappa shape index (κ2) is 17.3. The fourth-order valence-electron chi connectivity index (χ4n) is 7.33. The first-order valence-corrected chi connectivity index (χ1v) is 18.6. The molecule has 0 saturated carbocycles. The van der Waals surface area contributed by atoms with Crippen LogP contribution in [-0.2, 0) is 17.7 Å². The normalized spacial score (nSPS) is 18.2. The number of halogens is 4. The molecule has 1 N–H and O–H groups in total. The van der Waals surface area contributed by atoms with Gasteiger partial charge >= 0.3 is 18.7 Å². The van der Waals surface area contributed by atoms with Crippen LogP contribution in [0.25, 0.3) is 0 Å². The number of nitrogens with zero attached hydrogens (tertiary/aromatic N) is 3. The minimum Gasteiger partial charge on any atom is -0.619 e. The third kappa shape index (κ3) is 9.34. The molecule has 3 saturated heterocycles. The number of anilines is 1. The number of amides is 1. The first-order chi connectivity index (χ1) is 26.3. The Morgan fingerprint density at radius 2 is 1.69 bits per heavy atom. The van der Waals surface area contributed by atoms with Crippen molar-refractivity contribution in [2.75, 3.05) is 31.6 Å². The van der Waals surface area contributed by atoms with Gasteiger partial charge in [-0.2, -0.15) is 13.5 Å². The number of methoxy groups -OCH3 is 1. The number of benzene rings is 3. The molecule has 0 aliphatic carbocycles. The Morgan fingerprint density at radius 3 is 2.31 bits per heavy atom. The van der Waals surface area contributed by atoms with E-state index in [-0.39, 0.29) is 52.1 Å². The van der Waals surface area contributed by atoms with E-state index < -0.39 is 30.7 Å². The number of carboxylic acid groups (broad SMARTS) is 1. The van der Waals surface area contributed by atoms with Crippen LogP contribution < -0.4 is 23.8 Å². The zero-order chi connectivity index (χ0) is 39.4. The van der Waals surface area contributed by atoms with Gasteiger partial charge in [-0.25, -0.2) is 9.59 Å². The van der Waals surface area contributed by atoms with Gasteiger partial charge in [0.15, 0.2) is 23.9 Å². The van der Waals surface area contributed by atoms with E-state index in [2.05, 4.69) is 4.90 Å². The van der Waals surface area contributed by atoms with Crippen molar-refractivity contribution in [3.05, 3.63) is 116 Å². The number of pyridine rings is 1. The Kier molecular flexibility index (Phi) is 12.5. The molecule has 3 aromatic carbocycles. The van der Waals surface area contributed by atoms with Crippen LogP contribution in [0.5, 0.6) is 17.2 Å². The molecule has 3 aliphatic heterocycles. The Balaban J connectivity index is 1.46. The number of ether oxygens (including phenoxy) is 4. The summed E-state index contributed by atoms with van der Waals surface area (Å²) in [7, 11) is 1.50. The van der Waals surface area contributed by atoms with Gasteiger partial charge in [0.1, 0.15) is 21.9 Å². The highest BCUT2D eigenvalue weighted by atomic mass is 35.5. The molecule has 2 bridgehead atoms. The zero-order valence-corrected chi connectivity index (χ0v) is 31.9. The van der Waals surface area contributed by atoms with E-state index in [1.54, 1.807) is 50.2 Å². The summed E-state index contributed by atoms with van der Waals surface area (Å²) in [6.45, 7) is 2.87. The Bertz CT molecular complexity index is 2010. The van der Waals surface area contributed by atoms with Gasteiger partial charge in [-0.3, -0.25) is 9.80 Å². The lowest BCUT2D eigenvalue weighted by Gasteiger charge is -2.44. The highest BCUT2D eigenvalue weighted by molar-refractivity contribution is 6.35. The number of para-hydroxylation sites is 2.